The van der Waals surface area contributed by atoms with Crippen LogP contribution in [0, 0.1) is 30.1 Å². The van der Waals surface area contributed by atoms with Crippen LogP contribution in [0.5, 0.6) is 0 Å². The number of anilines is 1. The highest BCUT2D eigenvalue weighted by atomic mass is 16.5. The third-order valence-corrected chi connectivity index (χ3v) is 9.22. The molecule has 1 aromatic heterocycles. The Morgan fingerprint density at radius 2 is 1.90 bits per heavy atom. The van der Waals surface area contributed by atoms with Crippen LogP contribution in [0.2, 0.25) is 0 Å². The number of nitrogens with one attached hydrogen (secondary N) is 1. The van der Waals surface area contributed by atoms with Crippen molar-refractivity contribution in [1.82, 2.24) is 14.8 Å². The predicted octanol–water partition coefficient (Wildman–Crippen LogP) is 4.89. The van der Waals surface area contributed by atoms with Crippen molar-refractivity contribution in [3.8, 4) is 17.9 Å². The summed E-state index contributed by atoms with van der Waals surface area (Å²) in [6, 6.07) is 7.02. The summed E-state index contributed by atoms with van der Waals surface area (Å²) in [7, 11) is 0. The van der Waals surface area contributed by atoms with Crippen molar-refractivity contribution in [1.29, 1.82) is 5.26 Å². The first kappa shape index (κ1) is 29.9. The number of benzene rings is 1. The lowest BCUT2D eigenvalue weighted by molar-refractivity contribution is -0.0660. The molecule has 0 atom stereocenters. The second kappa shape index (κ2) is 12.3. The molecule has 2 aromatic rings. The Kier molecular flexibility index (Phi) is 8.76. The summed E-state index contributed by atoms with van der Waals surface area (Å²) < 4.78 is 5.44. The number of ketones is 1. The van der Waals surface area contributed by atoms with Crippen LogP contribution < -0.4 is 4.90 Å². The number of aryl methyl sites for hydroxylation is 1. The van der Waals surface area contributed by atoms with E-state index >= 15 is 0 Å². The number of ether oxygens (including phenoxy) is 1. The number of rotatable bonds is 7. The molecule has 0 unspecified atom stereocenters. The zero-order chi connectivity index (χ0) is 30.0. The first-order valence-corrected chi connectivity index (χ1v) is 15.2. The maximum atomic E-state index is 14.3. The predicted molar refractivity (Wildman–Crippen MR) is 169 cm³/mol. The molecular formula is C35H43N5O2. The molecule has 3 heterocycles. The Balaban J connectivity index is 1.58. The lowest BCUT2D eigenvalue weighted by atomic mass is 9.70. The molecule has 0 spiro atoms. The van der Waals surface area contributed by atoms with Crippen LogP contribution in [0.3, 0.4) is 0 Å². The fraction of sp³-hybridized carbons (Fsp3) is 0.486. The molecule has 1 aromatic carbocycles. The summed E-state index contributed by atoms with van der Waals surface area (Å²) in [5, 5.41) is 9.41. The maximum absolute atomic E-state index is 14.3. The van der Waals surface area contributed by atoms with Crippen molar-refractivity contribution in [3.05, 3.63) is 69.1 Å². The number of piperazine rings is 1. The van der Waals surface area contributed by atoms with Crippen molar-refractivity contribution < 1.29 is 9.53 Å². The second-order valence-corrected chi connectivity index (χ2v) is 11.9. The van der Waals surface area contributed by atoms with Crippen LogP contribution in [0.4, 0.5) is 5.69 Å². The van der Waals surface area contributed by atoms with E-state index in [-0.39, 0.29) is 5.78 Å². The number of nitrogens with zero attached hydrogens (tertiary/aromatic N) is 4. The molecule has 42 heavy (non-hydrogen) atoms. The summed E-state index contributed by atoms with van der Waals surface area (Å²) in [5.41, 5.74) is 7.32. The van der Waals surface area contributed by atoms with Crippen LogP contribution in [0.15, 0.2) is 29.9 Å². The molecular weight excluding hydrogens is 522 g/mol. The molecule has 1 N–H and O–H groups in total. The molecule has 2 fully saturated rings. The topological polar surface area (TPSA) is 75.6 Å². The highest BCUT2D eigenvalue weighted by Gasteiger charge is 2.41. The molecule has 3 aliphatic rings. The van der Waals surface area contributed by atoms with E-state index in [4.69, 9.17) is 4.74 Å². The molecule has 0 radical (unpaired) electrons. The molecule has 2 saturated heterocycles. The summed E-state index contributed by atoms with van der Waals surface area (Å²) in [4.78, 5) is 25.1. The van der Waals surface area contributed by atoms with E-state index in [1.54, 1.807) is 12.2 Å². The monoisotopic (exact) mass is 565 g/mol. The second-order valence-electron chi connectivity index (χ2n) is 11.9. The minimum atomic E-state index is -0.416. The lowest BCUT2D eigenvalue weighted by Gasteiger charge is -2.44. The van der Waals surface area contributed by atoms with Gasteiger partial charge >= 0.3 is 0 Å². The van der Waals surface area contributed by atoms with Crippen molar-refractivity contribution >= 4 is 17.5 Å². The van der Waals surface area contributed by atoms with Gasteiger partial charge in [0.15, 0.2) is 5.78 Å². The summed E-state index contributed by atoms with van der Waals surface area (Å²) in [6.07, 6.45) is 5.46. The van der Waals surface area contributed by atoms with Gasteiger partial charge in [-0.3, -0.25) is 14.6 Å². The summed E-state index contributed by atoms with van der Waals surface area (Å²) >= 11 is 0. The zero-order valence-corrected chi connectivity index (χ0v) is 25.9. The number of allylic oxidation sites excluding steroid dienone is 3. The van der Waals surface area contributed by atoms with Gasteiger partial charge in [0, 0.05) is 65.2 Å². The standard InChI is InChI=1S/C35H43N5O2/c1-7-25(21-36)12-13-28-24(4)37-34-32(28)33(41)29-19-26(11-10-14-38(8-2)9-3)31(20-30(29)35(34,5)6)40-17-15-39(16-18-40)27-22-42-23-27/h7,12-13,19-20,27,37H,8-9,14-18,22-23H2,1-6H3/b13-12-,25-7+. The van der Waals surface area contributed by atoms with E-state index in [2.05, 4.69) is 71.4 Å². The molecule has 0 saturated carbocycles. The van der Waals surface area contributed by atoms with E-state index in [1.165, 1.54) is 0 Å². The number of hydrogen-bond donors (Lipinski definition) is 1. The number of H-pyrrole nitrogens is 1. The Labute approximate surface area is 250 Å². The van der Waals surface area contributed by atoms with Gasteiger partial charge < -0.3 is 14.6 Å². The maximum Gasteiger partial charge on any atom is 0.195 e. The Hall–Kier alpha value is -3.62. The molecule has 0 amide bonds. The summed E-state index contributed by atoms with van der Waals surface area (Å²) in [6.45, 7) is 20.6. The van der Waals surface area contributed by atoms with Crippen molar-refractivity contribution in [2.75, 3.05) is 63.9 Å². The van der Waals surface area contributed by atoms with E-state index in [0.29, 0.717) is 29.3 Å². The number of hydrogen-bond acceptors (Lipinski definition) is 6. The average Bonchev–Trinajstić information content (AvgIpc) is 3.31. The van der Waals surface area contributed by atoms with Crippen LogP contribution in [-0.4, -0.2) is 85.6 Å². The highest BCUT2D eigenvalue weighted by Crippen LogP contribution is 2.45. The van der Waals surface area contributed by atoms with E-state index in [1.807, 2.05) is 26.0 Å². The van der Waals surface area contributed by atoms with Crippen LogP contribution in [-0.2, 0) is 10.2 Å². The molecule has 1 aliphatic carbocycles. The third kappa shape index (κ3) is 5.45. The smallest absolute Gasteiger partial charge is 0.195 e. The minimum absolute atomic E-state index is 0.00968. The molecule has 0 bridgehead atoms. The van der Waals surface area contributed by atoms with Gasteiger partial charge in [0.1, 0.15) is 0 Å². The molecule has 2 aliphatic heterocycles. The fourth-order valence-electron chi connectivity index (χ4n) is 6.30. The number of nitriles is 1. The van der Waals surface area contributed by atoms with Gasteiger partial charge in [-0.2, -0.15) is 5.26 Å². The third-order valence-electron chi connectivity index (χ3n) is 9.22. The Morgan fingerprint density at radius 3 is 2.50 bits per heavy atom. The van der Waals surface area contributed by atoms with Crippen molar-refractivity contribution in [2.24, 2.45) is 0 Å². The van der Waals surface area contributed by atoms with Crippen LogP contribution >= 0.6 is 0 Å². The normalized spacial score (nSPS) is 18.9. The average molecular weight is 566 g/mol. The van der Waals surface area contributed by atoms with Gasteiger partial charge in [0.2, 0.25) is 0 Å². The van der Waals surface area contributed by atoms with E-state index in [9.17, 15) is 10.1 Å². The van der Waals surface area contributed by atoms with Gasteiger partial charge in [0.05, 0.1) is 43.1 Å². The number of carbonyl (C=O) groups excluding carboxylic acids is 1. The molecule has 7 heteroatoms. The van der Waals surface area contributed by atoms with Gasteiger partial charge in [-0.05, 0) is 50.7 Å². The largest absolute Gasteiger partial charge is 0.378 e. The fourth-order valence-corrected chi connectivity index (χ4v) is 6.30. The van der Waals surface area contributed by atoms with E-state index < -0.39 is 5.41 Å². The molecule has 5 rings (SSSR count). The number of aromatic nitrogens is 1. The Bertz CT molecular complexity index is 1510. The van der Waals surface area contributed by atoms with Gasteiger partial charge in [-0.15, -0.1) is 0 Å². The van der Waals surface area contributed by atoms with E-state index in [0.717, 1.165) is 86.2 Å². The lowest BCUT2D eigenvalue weighted by Crippen LogP contribution is -2.56. The Morgan fingerprint density at radius 1 is 1.19 bits per heavy atom. The van der Waals surface area contributed by atoms with Crippen LogP contribution in [0.1, 0.15) is 78.6 Å². The SMILES string of the molecule is C/C=C(C#N)\C=C/c1c(C)[nH]c2c1C(=O)c1cc(C#CCN(CC)CC)c(N3CCN(C4COC4)CC3)cc1C2(C)C. The van der Waals surface area contributed by atoms with Crippen molar-refractivity contribution in [3.63, 3.8) is 0 Å². The first-order chi connectivity index (χ1) is 20.2. The highest BCUT2D eigenvalue weighted by molar-refractivity contribution is 6.15. The van der Waals surface area contributed by atoms with Gasteiger partial charge in [-0.25, -0.2) is 0 Å². The minimum Gasteiger partial charge on any atom is -0.378 e. The first-order valence-electron chi connectivity index (χ1n) is 15.2. The quantitative estimate of drug-likeness (QED) is 0.293. The van der Waals surface area contributed by atoms with Crippen LogP contribution in [0.25, 0.3) is 6.08 Å². The van der Waals surface area contributed by atoms with Crippen molar-refractivity contribution in [2.45, 2.75) is 53.0 Å². The zero-order valence-electron chi connectivity index (χ0n) is 25.9. The number of carbonyl (C=O) groups is 1. The van der Waals surface area contributed by atoms with Gasteiger partial charge in [-0.1, -0.05) is 51.7 Å². The number of fused-ring (bicyclic) bond motifs is 2. The molecule has 220 valence electrons. The number of aromatic amines is 1. The summed E-state index contributed by atoms with van der Waals surface area (Å²) in [5.74, 6) is 6.90. The van der Waals surface area contributed by atoms with Gasteiger partial charge in [0.25, 0.3) is 0 Å². The molecule has 7 nitrogen and oxygen atoms in total.